The Morgan fingerprint density at radius 3 is 2.57 bits per heavy atom. The van der Waals surface area contributed by atoms with Crippen LogP contribution in [-0.4, -0.2) is 37.9 Å². The van der Waals surface area contributed by atoms with Crippen LogP contribution in [0.5, 0.6) is 0 Å². The molecule has 1 saturated heterocycles. The average Bonchev–Trinajstić information content (AvgIpc) is 2.16. The lowest BCUT2D eigenvalue weighted by Crippen LogP contribution is -2.51. The van der Waals surface area contributed by atoms with Crippen molar-refractivity contribution >= 4 is 0 Å². The zero-order valence-corrected chi connectivity index (χ0v) is 9.09. The van der Waals surface area contributed by atoms with E-state index in [-0.39, 0.29) is 0 Å². The standard InChI is InChI=1S/C11H22N2O/c1-2-14-11-7-10(8-11)13-9-3-5-12-6-4-9/h9-13H,2-8H2,1H3. The summed E-state index contributed by atoms with van der Waals surface area (Å²) < 4.78 is 5.54. The Hall–Kier alpha value is -0.120. The van der Waals surface area contributed by atoms with Crippen molar-refractivity contribution in [3.63, 3.8) is 0 Å². The summed E-state index contributed by atoms with van der Waals surface area (Å²) in [6.07, 6.45) is 5.56. The molecule has 2 N–H and O–H groups in total. The Kier molecular flexibility index (Phi) is 3.79. The van der Waals surface area contributed by atoms with Crippen LogP contribution in [0.3, 0.4) is 0 Å². The molecule has 3 heteroatoms. The fraction of sp³-hybridized carbons (Fsp3) is 1.00. The van der Waals surface area contributed by atoms with Gasteiger partial charge in [-0.05, 0) is 45.7 Å². The highest BCUT2D eigenvalue weighted by Crippen LogP contribution is 2.24. The number of hydrogen-bond donors (Lipinski definition) is 2. The molecule has 82 valence electrons. The minimum absolute atomic E-state index is 0.541. The predicted molar refractivity (Wildman–Crippen MR) is 57.5 cm³/mol. The zero-order chi connectivity index (χ0) is 9.80. The number of hydrogen-bond acceptors (Lipinski definition) is 3. The van der Waals surface area contributed by atoms with E-state index in [1.807, 2.05) is 0 Å². The summed E-state index contributed by atoms with van der Waals surface area (Å²) in [5.41, 5.74) is 0. The molecule has 2 aliphatic rings. The van der Waals surface area contributed by atoms with E-state index >= 15 is 0 Å². The Labute approximate surface area is 86.6 Å². The lowest BCUT2D eigenvalue weighted by molar-refractivity contribution is -0.0131. The largest absolute Gasteiger partial charge is 0.378 e. The normalized spacial score (nSPS) is 34.1. The highest BCUT2D eigenvalue weighted by Gasteiger charge is 2.31. The third kappa shape index (κ3) is 2.69. The van der Waals surface area contributed by atoms with Gasteiger partial charge in [0.05, 0.1) is 6.10 Å². The summed E-state index contributed by atoms with van der Waals surface area (Å²) in [6.45, 7) is 5.30. The average molecular weight is 198 g/mol. The van der Waals surface area contributed by atoms with Gasteiger partial charge in [0.15, 0.2) is 0 Å². The highest BCUT2D eigenvalue weighted by molar-refractivity contribution is 4.89. The van der Waals surface area contributed by atoms with Gasteiger partial charge < -0.3 is 15.4 Å². The molecule has 0 spiro atoms. The van der Waals surface area contributed by atoms with Gasteiger partial charge in [-0.1, -0.05) is 0 Å². The fourth-order valence-electron chi connectivity index (χ4n) is 2.40. The molecule has 0 unspecified atom stereocenters. The minimum Gasteiger partial charge on any atom is -0.378 e. The van der Waals surface area contributed by atoms with Crippen molar-refractivity contribution in [1.82, 2.24) is 10.6 Å². The summed E-state index contributed by atoms with van der Waals surface area (Å²) >= 11 is 0. The lowest BCUT2D eigenvalue weighted by Gasteiger charge is -2.39. The van der Waals surface area contributed by atoms with Gasteiger partial charge in [0.25, 0.3) is 0 Å². The van der Waals surface area contributed by atoms with Crippen LogP contribution in [0.15, 0.2) is 0 Å². The third-order valence-electron chi connectivity index (χ3n) is 3.31. The molecule has 0 amide bonds. The summed E-state index contributed by atoms with van der Waals surface area (Å²) in [7, 11) is 0. The first-order valence-corrected chi connectivity index (χ1v) is 5.97. The van der Waals surface area contributed by atoms with E-state index in [0.29, 0.717) is 6.10 Å². The first-order valence-electron chi connectivity index (χ1n) is 5.97. The maximum absolute atomic E-state index is 5.54. The van der Waals surface area contributed by atoms with Crippen molar-refractivity contribution in [1.29, 1.82) is 0 Å². The first-order chi connectivity index (χ1) is 6.88. The second-order valence-electron chi connectivity index (χ2n) is 4.44. The van der Waals surface area contributed by atoms with Crippen LogP contribution in [0.4, 0.5) is 0 Å². The molecule has 1 aliphatic heterocycles. The van der Waals surface area contributed by atoms with Gasteiger partial charge in [-0.15, -0.1) is 0 Å². The number of nitrogens with one attached hydrogen (secondary N) is 2. The van der Waals surface area contributed by atoms with E-state index in [0.717, 1.165) is 18.7 Å². The van der Waals surface area contributed by atoms with E-state index < -0.39 is 0 Å². The minimum atomic E-state index is 0.541. The van der Waals surface area contributed by atoms with Crippen molar-refractivity contribution < 1.29 is 4.74 Å². The van der Waals surface area contributed by atoms with Crippen molar-refractivity contribution in [2.24, 2.45) is 0 Å². The molecular formula is C11H22N2O. The van der Waals surface area contributed by atoms with Gasteiger partial charge in [0, 0.05) is 18.7 Å². The molecule has 3 nitrogen and oxygen atoms in total. The van der Waals surface area contributed by atoms with E-state index in [1.165, 1.54) is 38.8 Å². The van der Waals surface area contributed by atoms with Crippen LogP contribution >= 0.6 is 0 Å². The van der Waals surface area contributed by atoms with Gasteiger partial charge in [-0.3, -0.25) is 0 Å². The lowest BCUT2D eigenvalue weighted by atomic mass is 9.88. The molecule has 0 aromatic carbocycles. The van der Waals surface area contributed by atoms with Crippen LogP contribution in [-0.2, 0) is 4.74 Å². The summed E-state index contributed by atoms with van der Waals surface area (Å²) in [4.78, 5) is 0. The van der Waals surface area contributed by atoms with Gasteiger partial charge in [-0.25, -0.2) is 0 Å². The fourth-order valence-corrected chi connectivity index (χ4v) is 2.40. The number of rotatable bonds is 4. The Morgan fingerprint density at radius 2 is 1.93 bits per heavy atom. The maximum atomic E-state index is 5.54. The number of ether oxygens (including phenoxy) is 1. The molecular weight excluding hydrogens is 176 g/mol. The molecule has 14 heavy (non-hydrogen) atoms. The molecule has 2 fully saturated rings. The highest BCUT2D eigenvalue weighted by atomic mass is 16.5. The van der Waals surface area contributed by atoms with Crippen LogP contribution in [0.2, 0.25) is 0 Å². The van der Waals surface area contributed by atoms with Crippen molar-refractivity contribution in [3.05, 3.63) is 0 Å². The Morgan fingerprint density at radius 1 is 1.21 bits per heavy atom. The second kappa shape index (κ2) is 5.10. The molecule has 1 saturated carbocycles. The third-order valence-corrected chi connectivity index (χ3v) is 3.31. The van der Waals surface area contributed by atoms with Crippen LogP contribution < -0.4 is 10.6 Å². The number of piperidine rings is 1. The molecule has 1 aliphatic carbocycles. The van der Waals surface area contributed by atoms with Crippen molar-refractivity contribution in [2.75, 3.05) is 19.7 Å². The monoisotopic (exact) mass is 198 g/mol. The Bertz CT molecular complexity index is 163. The quantitative estimate of drug-likeness (QED) is 0.704. The molecule has 0 atom stereocenters. The van der Waals surface area contributed by atoms with Crippen LogP contribution in [0, 0.1) is 0 Å². The van der Waals surface area contributed by atoms with Crippen LogP contribution in [0.25, 0.3) is 0 Å². The smallest absolute Gasteiger partial charge is 0.0604 e. The predicted octanol–water partition coefficient (Wildman–Crippen LogP) is 0.895. The van der Waals surface area contributed by atoms with Gasteiger partial charge in [-0.2, -0.15) is 0 Å². The zero-order valence-electron chi connectivity index (χ0n) is 9.09. The molecule has 0 bridgehead atoms. The van der Waals surface area contributed by atoms with E-state index in [4.69, 9.17) is 4.74 Å². The Balaban J connectivity index is 1.58. The van der Waals surface area contributed by atoms with E-state index in [1.54, 1.807) is 0 Å². The molecule has 0 aromatic rings. The molecule has 1 heterocycles. The van der Waals surface area contributed by atoms with Crippen molar-refractivity contribution in [3.8, 4) is 0 Å². The van der Waals surface area contributed by atoms with Crippen molar-refractivity contribution in [2.45, 2.75) is 50.8 Å². The molecule has 0 radical (unpaired) electrons. The van der Waals surface area contributed by atoms with Crippen LogP contribution in [0.1, 0.15) is 32.6 Å². The van der Waals surface area contributed by atoms with Gasteiger partial charge in [0.2, 0.25) is 0 Å². The second-order valence-corrected chi connectivity index (χ2v) is 4.44. The molecule has 0 aromatic heterocycles. The van der Waals surface area contributed by atoms with E-state index in [2.05, 4.69) is 17.6 Å². The SMILES string of the molecule is CCOC1CC(NC2CCNCC2)C1. The van der Waals surface area contributed by atoms with E-state index in [9.17, 15) is 0 Å². The summed E-state index contributed by atoms with van der Waals surface area (Å²) in [5, 5.41) is 7.11. The summed E-state index contributed by atoms with van der Waals surface area (Å²) in [6, 6.07) is 1.48. The maximum Gasteiger partial charge on any atom is 0.0604 e. The topological polar surface area (TPSA) is 33.3 Å². The van der Waals surface area contributed by atoms with Gasteiger partial charge in [0.1, 0.15) is 0 Å². The first kappa shape index (κ1) is 10.4. The summed E-state index contributed by atoms with van der Waals surface area (Å²) in [5.74, 6) is 0. The van der Waals surface area contributed by atoms with Gasteiger partial charge >= 0.3 is 0 Å². The molecule has 2 rings (SSSR count).